The van der Waals surface area contributed by atoms with Gasteiger partial charge >= 0.3 is 0 Å². The zero-order valence-electron chi connectivity index (χ0n) is 12.5. The Balaban J connectivity index is 1.76. The Bertz CT molecular complexity index is 564. The molecule has 112 valence electrons. The van der Waals surface area contributed by atoms with Crippen molar-refractivity contribution in [1.29, 1.82) is 0 Å². The molecule has 1 heterocycles. The summed E-state index contributed by atoms with van der Waals surface area (Å²) in [5, 5.41) is 4.93. The second-order valence-corrected chi connectivity index (χ2v) is 6.19. The lowest BCUT2D eigenvalue weighted by molar-refractivity contribution is -0.123. The van der Waals surface area contributed by atoms with Gasteiger partial charge in [-0.2, -0.15) is 0 Å². The van der Waals surface area contributed by atoms with Crippen LogP contribution in [0.1, 0.15) is 30.2 Å². The number of para-hydroxylation sites is 1. The summed E-state index contributed by atoms with van der Waals surface area (Å²) in [6.07, 6.45) is 0.867. The molecule has 0 spiro atoms. The minimum atomic E-state index is -0.0786. The Morgan fingerprint density at radius 1 is 1.24 bits per heavy atom. The van der Waals surface area contributed by atoms with E-state index < -0.39 is 0 Å². The molecule has 0 aliphatic carbocycles. The molecule has 2 aromatic rings. The fraction of sp³-hybridized carbons (Fsp3) is 0.353. The SMILES string of the molecule is CC(C)c1ccccc1OCC(=O)NCCc1cccs1. The van der Waals surface area contributed by atoms with Crippen LogP contribution in [-0.4, -0.2) is 19.1 Å². The summed E-state index contributed by atoms with van der Waals surface area (Å²) in [6.45, 7) is 4.94. The van der Waals surface area contributed by atoms with Gasteiger partial charge in [0.25, 0.3) is 5.91 Å². The van der Waals surface area contributed by atoms with Crippen molar-refractivity contribution in [1.82, 2.24) is 5.32 Å². The molecule has 0 fully saturated rings. The smallest absolute Gasteiger partial charge is 0.257 e. The predicted octanol–water partition coefficient (Wildman–Crippen LogP) is 3.61. The largest absolute Gasteiger partial charge is 0.483 e. The third kappa shape index (κ3) is 4.90. The van der Waals surface area contributed by atoms with Crippen LogP contribution in [-0.2, 0) is 11.2 Å². The summed E-state index contributed by atoms with van der Waals surface area (Å²) in [7, 11) is 0. The number of carbonyl (C=O) groups excluding carboxylic acids is 1. The highest BCUT2D eigenvalue weighted by molar-refractivity contribution is 7.09. The van der Waals surface area contributed by atoms with Gasteiger partial charge in [0.15, 0.2) is 6.61 Å². The first-order valence-corrected chi connectivity index (χ1v) is 8.05. The molecule has 1 aromatic carbocycles. The van der Waals surface area contributed by atoms with E-state index in [2.05, 4.69) is 25.2 Å². The van der Waals surface area contributed by atoms with E-state index >= 15 is 0 Å². The van der Waals surface area contributed by atoms with Crippen molar-refractivity contribution in [2.75, 3.05) is 13.2 Å². The molecular weight excluding hydrogens is 282 g/mol. The van der Waals surface area contributed by atoms with E-state index in [9.17, 15) is 4.79 Å². The molecule has 0 unspecified atom stereocenters. The van der Waals surface area contributed by atoms with E-state index in [1.807, 2.05) is 35.7 Å². The Morgan fingerprint density at radius 2 is 2.05 bits per heavy atom. The van der Waals surface area contributed by atoms with Crippen LogP contribution in [0.15, 0.2) is 41.8 Å². The van der Waals surface area contributed by atoms with Gasteiger partial charge in [-0.05, 0) is 35.4 Å². The first-order chi connectivity index (χ1) is 10.2. The molecule has 0 bridgehead atoms. The minimum absolute atomic E-state index is 0.0637. The standard InChI is InChI=1S/C17H21NO2S/c1-13(2)15-7-3-4-8-16(15)20-12-17(19)18-10-9-14-6-5-11-21-14/h3-8,11,13H,9-10,12H2,1-2H3,(H,18,19). The average molecular weight is 303 g/mol. The number of thiophene rings is 1. The monoisotopic (exact) mass is 303 g/mol. The van der Waals surface area contributed by atoms with Gasteiger partial charge in [-0.1, -0.05) is 38.1 Å². The number of ether oxygens (including phenoxy) is 1. The maximum atomic E-state index is 11.8. The van der Waals surface area contributed by atoms with E-state index in [-0.39, 0.29) is 12.5 Å². The molecule has 0 aliphatic heterocycles. The van der Waals surface area contributed by atoms with Crippen molar-refractivity contribution in [3.8, 4) is 5.75 Å². The van der Waals surface area contributed by atoms with Gasteiger partial charge < -0.3 is 10.1 Å². The molecule has 3 nitrogen and oxygen atoms in total. The van der Waals surface area contributed by atoms with Crippen LogP contribution < -0.4 is 10.1 Å². The van der Waals surface area contributed by atoms with Crippen LogP contribution in [0.4, 0.5) is 0 Å². The van der Waals surface area contributed by atoms with Crippen molar-refractivity contribution in [2.45, 2.75) is 26.2 Å². The minimum Gasteiger partial charge on any atom is -0.483 e. The third-order valence-electron chi connectivity index (χ3n) is 3.17. The summed E-state index contributed by atoms with van der Waals surface area (Å²) >= 11 is 1.71. The lowest BCUT2D eigenvalue weighted by Gasteiger charge is -2.13. The van der Waals surface area contributed by atoms with Gasteiger partial charge in [-0.25, -0.2) is 0 Å². The number of nitrogens with one attached hydrogen (secondary N) is 1. The molecule has 0 saturated heterocycles. The lowest BCUT2D eigenvalue weighted by Crippen LogP contribution is -2.30. The fourth-order valence-corrected chi connectivity index (χ4v) is 2.77. The van der Waals surface area contributed by atoms with Gasteiger partial charge in [0.05, 0.1) is 0 Å². The maximum Gasteiger partial charge on any atom is 0.257 e. The molecule has 0 aliphatic rings. The van der Waals surface area contributed by atoms with Gasteiger partial charge in [0.1, 0.15) is 5.75 Å². The molecular formula is C17H21NO2S. The van der Waals surface area contributed by atoms with Crippen molar-refractivity contribution in [3.63, 3.8) is 0 Å². The van der Waals surface area contributed by atoms with Gasteiger partial charge in [-0.15, -0.1) is 11.3 Å². The Hall–Kier alpha value is -1.81. The van der Waals surface area contributed by atoms with Crippen molar-refractivity contribution in [2.24, 2.45) is 0 Å². The lowest BCUT2D eigenvalue weighted by atomic mass is 10.0. The molecule has 21 heavy (non-hydrogen) atoms. The highest BCUT2D eigenvalue weighted by atomic mass is 32.1. The summed E-state index contributed by atoms with van der Waals surface area (Å²) in [6, 6.07) is 12.0. The molecule has 1 N–H and O–H groups in total. The molecule has 1 amide bonds. The Morgan fingerprint density at radius 3 is 2.76 bits per heavy atom. The van der Waals surface area contributed by atoms with Gasteiger partial charge in [-0.3, -0.25) is 4.79 Å². The first-order valence-electron chi connectivity index (χ1n) is 7.17. The number of hydrogen-bond donors (Lipinski definition) is 1. The topological polar surface area (TPSA) is 38.3 Å². The van der Waals surface area contributed by atoms with E-state index in [0.717, 1.165) is 17.7 Å². The third-order valence-corrected chi connectivity index (χ3v) is 4.11. The first kappa shape index (κ1) is 15.6. The van der Waals surface area contributed by atoms with Crippen molar-refractivity contribution < 1.29 is 9.53 Å². The normalized spacial score (nSPS) is 10.6. The number of rotatable bonds is 7. The zero-order chi connectivity index (χ0) is 15.1. The number of carbonyl (C=O) groups is 1. The molecule has 4 heteroatoms. The molecule has 0 radical (unpaired) electrons. The highest BCUT2D eigenvalue weighted by Gasteiger charge is 2.08. The van der Waals surface area contributed by atoms with Crippen LogP contribution in [0.2, 0.25) is 0 Å². The summed E-state index contributed by atoms with van der Waals surface area (Å²) in [4.78, 5) is 13.1. The van der Waals surface area contributed by atoms with Crippen LogP contribution in [0.5, 0.6) is 5.75 Å². The molecule has 0 saturated carbocycles. The van der Waals surface area contributed by atoms with Crippen LogP contribution in [0, 0.1) is 0 Å². The summed E-state index contributed by atoms with van der Waals surface area (Å²) < 4.78 is 5.64. The number of amides is 1. The quantitative estimate of drug-likeness (QED) is 0.848. The number of benzene rings is 1. The highest BCUT2D eigenvalue weighted by Crippen LogP contribution is 2.25. The van der Waals surface area contributed by atoms with Gasteiger partial charge in [0.2, 0.25) is 0 Å². The predicted molar refractivity (Wildman–Crippen MR) is 87.1 cm³/mol. The second kappa shape index (κ2) is 7.84. The van der Waals surface area contributed by atoms with E-state index in [4.69, 9.17) is 4.74 Å². The van der Waals surface area contributed by atoms with Crippen molar-refractivity contribution >= 4 is 17.2 Å². The zero-order valence-corrected chi connectivity index (χ0v) is 13.3. The second-order valence-electron chi connectivity index (χ2n) is 5.16. The molecule has 2 rings (SSSR count). The molecule has 0 atom stereocenters. The summed E-state index contributed by atoms with van der Waals surface area (Å²) in [5.74, 6) is 1.09. The summed E-state index contributed by atoms with van der Waals surface area (Å²) in [5.41, 5.74) is 1.13. The van der Waals surface area contributed by atoms with Crippen LogP contribution in [0.3, 0.4) is 0 Å². The van der Waals surface area contributed by atoms with E-state index in [1.165, 1.54) is 4.88 Å². The fourth-order valence-electron chi connectivity index (χ4n) is 2.06. The van der Waals surface area contributed by atoms with E-state index in [1.54, 1.807) is 11.3 Å². The van der Waals surface area contributed by atoms with Crippen molar-refractivity contribution in [3.05, 3.63) is 52.2 Å². The van der Waals surface area contributed by atoms with Crippen LogP contribution >= 0.6 is 11.3 Å². The van der Waals surface area contributed by atoms with Gasteiger partial charge in [0, 0.05) is 11.4 Å². The number of hydrogen-bond acceptors (Lipinski definition) is 3. The average Bonchev–Trinajstić information content (AvgIpc) is 2.98. The van der Waals surface area contributed by atoms with E-state index in [0.29, 0.717) is 12.5 Å². The maximum absolute atomic E-state index is 11.8. The van der Waals surface area contributed by atoms with Crippen LogP contribution in [0.25, 0.3) is 0 Å². The molecule has 1 aromatic heterocycles. The Kier molecular flexibility index (Phi) is 5.81. The Labute approximate surface area is 130 Å².